The highest BCUT2D eigenvalue weighted by Gasteiger charge is 2.30. The highest BCUT2D eigenvalue weighted by atomic mass is 79.9. The number of aromatic carboxylic acids is 1. The lowest BCUT2D eigenvalue weighted by Crippen LogP contribution is -2.37. The molecule has 31 heavy (non-hydrogen) atoms. The van der Waals surface area contributed by atoms with Crippen LogP contribution in [0.2, 0.25) is 0 Å². The molecular formula is C22H25BrN4O4. The molecule has 3 rings (SSSR count). The van der Waals surface area contributed by atoms with Crippen molar-refractivity contribution in [3.63, 3.8) is 0 Å². The third kappa shape index (κ3) is 4.42. The lowest BCUT2D eigenvalue weighted by atomic mass is 10.0. The quantitative estimate of drug-likeness (QED) is 0.491. The predicted molar refractivity (Wildman–Crippen MR) is 123 cm³/mol. The average Bonchev–Trinajstić information content (AvgIpc) is 3.19. The molecule has 0 spiro atoms. The molecule has 0 aliphatic carbocycles. The molecule has 8 nitrogen and oxygen atoms in total. The van der Waals surface area contributed by atoms with Gasteiger partial charge in [-0.15, -0.1) is 0 Å². The lowest BCUT2D eigenvalue weighted by molar-refractivity contribution is -0.120. The highest BCUT2D eigenvalue weighted by Crippen LogP contribution is 2.37. The zero-order chi connectivity index (χ0) is 22.9. The van der Waals surface area contributed by atoms with E-state index in [1.807, 2.05) is 30.9 Å². The number of aryl methyl sites for hydroxylation is 1. The summed E-state index contributed by atoms with van der Waals surface area (Å²) in [6, 6.07) is 7.03. The number of primary amides is 1. The van der Waals surface area contributed by atoms with E-state index < -0.39 is 18.0 Å². The molecule has 1 aliphatic heterocycles. The van der Waals surface area contributed by atoms with Crippen LogP contribution in [-0.2, 0) is 9.59 Å². The number of hydrogen-bond acceptors (Lipinski definition) is 4. The molecule has 2 amide bonds. The van der Waals surface area contributed by atoms with E-state index in [0.29, 0.717) is 35.6 Å². The smallest absolute Gasteiger partial charge is 0.352 e. The summed E-state index contributed by atoms with van der Waals surface area (Å²) >= 11 is 3.43. The first-order valence-corrected chi connectivity index (χ1v) is 10.8. The van der Waals surface area contributed by atoms with Crippen molar-refractivity contribution in [3.8, 4) is 0 Å². The minimum absolute atomic E-state index is 0.0374. The number of carbonyl (C=O) groups is 3. The van der Waals surface area contributed by atoms with E-state index in [9.17, 15) is 19.5 Å². The fourth-order valence-electron chi connectivity index (χ4n) is 3.99. The molecule has 0 saturated carbocycles. The van der Waals surface area contributed by atoms with Crippen LogP contribution in [0.25, 0.3) is 11.6 Å². The van der Waals surface area contributed by atoms with Crippen LogP contribution >= 0.6 is 15.9 Å². The Kier molecular flexibility index (Phi) is 6.66. The maximum absolute atomic E-state index is 12.7. The summed E-state index contributed by atoms with van der Waals surface area (Å²) in [4.78, 5) is 38.6. The number of anilines is 1. The molecule has 0 radical (unpaired) electrons. The number of benzene rings is 1. The summed E-state index contributed by atoms with van der Waals surface area (Å²) in [5.41, 5.74) is 8.62. The van der Waals surface area contributed by atoms with Crippen LogP contribution < -0.4 is 11.1 Å². The molecule has 1 aromatic heterocycles. The maximum Gasteiger partial charge on any atom is 0.352 e. The fourth-order valence-corrected chi connectivity index (χ4v) is 4.35. The van der Waals surface area contributed by atoms with Crippen molar-refractivity contribution >= 4 is 51.1 Å². The van der Waals surface area contributed by atoms with Gasteiger partial charge in [0.15, 0.2) is 0 Å². The number of carboxylic acids is 1. The number of hydrogen-bond donors (Lipinski definition) is 3. The largest absolute Gasteiger partial charge is 0.477 e. The van der Waals surface area contributed by atoms with Crippen LogP contribution in [0.5, 0.6) is 0 Å². The molecular weight excluding hydrogens is 464 g/mol. The first-order chi connectivity index (χ1) is 14.7. The Hall–Kier alpha value is -2.91. The number of nitrogens with two attached hydrogens (primary N) is 1. The molecule has 0 bridgehead atoms. The van der Waals surface area contributed by atoms with Gasteiger partial charge >= 0.3 is 5.97 Å². The zero-order valence-corrected chi connectivity index (χ0v) is 19.2. The Morgan fingerprint density at radius 3 is 2.55 bits per heavy atom. The Morgan fingerprint density at radius 2 is 1.97 bits per heavy atom. The van der Waals surface area contributed by atoms with Crippen molar-refractivity contribution in [2.75, 3.05) is 18.4 Å². The van der Waals surface area contributed by atoms with Gasteiger partial charge in [-0.05, 0) is 55.9 Å². The van der Waals surface area contributed by atoms with Gasteiger partial charge in [-0.2, -0.15) is 0 Å². The molecule has 164 valence electrons. The lowest BCUT2D eigenvalue weighted by Gasteiger charge is -2.32. The molecule has 9 heteroatoms. The molecule has 0 fully saturated rings. The van der Waals surface area contributed by atoms with Gasteiger partial charge in [-0.25, -0.2) is 4.79 Å². The van der Waals surface area contributed by atoms with Crippen molar-refractivity contribution in [2.45, 2.75) is 33.4 Å². The normalized spacial score (nSPS) is 15.3. The van der Waals surface area contributed by atoms with E-state index in [0.717, 1.165) is 10.0 Å². The minimum Gasteiger partial charge on any atom is -0.477 e. The van der Waals surface area contributed by atoms with Crippen molar-refractivity contribution in [3.05, 3.63) is 51.3 Å². The molecule has 1 unspecified atom stereocenters. The van der Waals surface area contributed by atoms with Crippen molar-refractivity contribution in [1.29, 1.82) is 0 Å². The standard InChI is InChI=1S/C22H25BrN4O4/c1-4-26(5-2)20(11-19(24)28)27-17(12(3)8-18(27)22(30)31)10-15-14-9-13(23)6-7-16(14)25-21(15)29/h6-10,20H,4-5,11H2,1-3H3,(H2,24,28)(H,25,29)(H,30,31). The van der Waals surface area contributed by atoms with E-state index in [1.165, 1.54) is 0 Å². The molecule has 1 aromatic carbocycles. The Labute approximate surface area is 188 Å². The van der Waals surface area contributed by atoms with Gasteiger partial charge in [-0.1, -0.05) is 29.8 Å². The Bertz CT molecular complexity index is 1090. The summed E-state index contributed by atoms with van der Waals surface area (Å²) in [7, 11) is 0. The van der Waals surface area contributed by atoms with Gasteiger partial charge in [-0.3, -0.25) is 14.5 Å². The van der Waals surface area contributed by atoms with Crippen molar-refractivity contribution in [2.24, 2.45) is 5.73 Å². The number of rotatable bonds is 8. The van der Waals surface area contributed by atoms with Crippen LogP contribution in [0.15, 0.2) is 28.7 Å². The number of carboxylic acid groups (broad SMARTS) is 1. The maximum atomic E-state index is 12.7. The van der Waals surface area contributed by atoms with Gasteiger partial charge in [0, 0.05) is 21.4 Å². The topological polar surface area (TPSA) is 118 Å². The first kappa shape index (κ1) is 22.8. The van der Waals surface area contributed by atoms with Gasteiger partial charge in [0.25, 0.3) is 5.91 Å². The summed E-state index contributed by atoms with van der Waals surface area (Å²) in [5, 5.41) is 12.7. The predicted octanol–water partition coefficient (Wildman–Crippen LogP) is 3.47. The first-order valence-electron chi connectivity index (χ1n) is 9.98. The molecule has 4 N–H and O–H groups in total. The summed E-state index contributed by atoms with van der Waals surface area (Å²) in [5.74, 6) is -1.93. The molecule has 2 heterocycles. The molecule has 2 aromatic rings. The number of amides is 2. The monoisotopic (exact) mass is 488 g/mol. The van der Waals surface area contributed by atoms with Crippen LogP contribution in [0.1, 0.15) is 53.7 Å². The second-order valence-electron chi connectivity index (χ2n) is 7.35. The number of nitrogens with one attached hydrogen (secondary N) is 1. The van der Waals surface area contributed by atoms with Crippen molar-refractivity contribution < 1.29 is 19.5 Å². The number of fused-ring (bicyclic) bond motifs is 1. The minimum atomic E-state index is -1.12. The van der Waals surface area contributed by atoms with Crippen LogP contribution in [0, 0.1) is 6.92 Å². The van der Waals surface area contributed by atoms with Crippen LogP contribution in [0.3, 0.4) is 0 Å². The third-order valence-electron chi connectivity index (χ3n) is 5.46. The van der Waals surface area contributed by atoms with E-state index in [4.69, 9.17) is 5.73 Å². The second-order valence-corrected chi connectivity index (χ2v) is 8.26. The number of aromatic nitrogens is 1. The average molecular weight is 489 g/mol. The number of halogens is 1. The van der Waals surface area contributed by atoms with Crippen LogP contribution in [-0.4, -0.2) is 45.4 Å². The van der Waals surface area contributed by atoms with E-state index in [1.54, 1.807) is 29.7 Å². The zero-order valence-electron chi connectivity index (χ0n) is 17.6. The molecule has 1 atom stereocenters. The Balaban J connectivity index is 2.26. The highest BCUT2D eigenvalue weighted by molar-refractivity contribution is 9.10. The fraction of sp³-hybridized carbons (Fsp3) is 0.318. The number of nitrogens with zero attached hydrogens (tertiary/aromatic N) is 2. The Morgan fingerprint density at radius 1 is 1.29 bits per heavy atom. The molecule has 0 saturated heterocycles. The molecule has 1 aliphatic rings. The third-order valence-corrected chi connectivity index (χ3v) is 5.95. The summed E-state index contributed by atoms with van der Waals surface area (Å²) in [6.45, 7) is 6.84. The van der Waals surface area contributed by atoms with Crippen molar-refractivity contribution in [1.82, 2.24) is 9.47 Å². The van der Waals surface area contributed by atoms with Gasteiger partial charge in [0.2, 0.25) is 5.91 Å². The number of carbonyl (C=O) groups excluding carboxylic acids is 2. The second kappa shape index (κ2) is 9.07. The van der Waals surface area contributed by atoms with Gasteiger partial charge in [0.05, 0.1) is 18.2 Å². The van der Waals surface area contributed by atoms with Crippen LogP contribution in [0.4, 0.5) is 5.69 Å². The van der Waals surface area contributed by atoms with Gasteiger partial charge < -0.3 is 20.7 Å². The summed E-state index contributed by atoms with van der Waals surface area (Å²) in [6.07, 6.45) is 1.04. The van der Waals surface area contributed by atoms with E-state index in [-0.39, 0.29) is 18.0 Å². The van der Waals surface area contributed by atoms with E-state index in [2.05, 4.69) is 21.2 Å². The SMILES string of the molecule is CCN(CC)C(CC(N)=O)n1c(C(=O)O)cc(C)c1C=C1C(=O)Nc2ccc(Br)cc21. The van der Waals surface area contributed by atoms with Gasteiger partial charge in [0.1, 0.15) is 5.69 Å². The summed E-state index contributed by atoms with van der Waals surface area (Å²) < 4.78 is 2.42. The van der Waals surface area contributed by atoms with E-state index >= 15 is 0 Å².